The maximum Gasteiger partial charge on any atom is 0.385 e. The van der Waals surface area contributed by atoms with Gasteiger partial charge < -0.3 is 8.85 Å². The molecule has 0 fully saturated rings. The van der Waals surface area contributed by atoms with Gasteiger partial charge in [-0.3, -0.25) is 0 Å². The second-order valence-corrected chi connectivity index (χ2v) is 4.75. The molecule has 0 rings (SSSR count). The quantitative estimate of drug-likeness (QED) is 0.509. The summed E-state index contributed by atoms with van der Waals surface area (Å²) in [6, 6.07) is 0.956. The monoisotopic (exact) mass is 179 g/mol. The van der Waals surface area contributed by atoms with Crippen molar-refractivity contribution >= 4 is 21.9 Å². The van der Waals surface area contributed by atoms with Crippen LogP contribution in [0.3, 0.4) is 0 Å². The van der Waals surface area contributed by atoms with E-state index in [1.54, 1.807) is 14.2 Å². The highest BCUT2D eigenvalue weighted by molar-refractivity contribution is 7.81. The number of hydrogen-bond donors (Lipinski definition) is 1. The molecule has 0 saturated carbocycles. The average Bonchev–Trinajstić information content (AvgIpc) is 1.99. The molecular weight excluding hydrogens is 164 g/mol. The standard InChI is InChI=1S/C6H15O2SSi/c1-4-6(9)5-10(7-2)8-3/h6,9H,4-5H2,1-3H3. The van der Waals surface area contributed by atoms with E-state index in [0.717, 1.165) is 12.5 Å². The fraction of sp³-hybridized carbons (Fsp3) is 1.00. The maximum absolute atomic E-state index is 5.10. The van der Waals surface area contributed by atoms with Crippen LogP contribution in [-0.4, -0.2) is 28.8 Å². The second kappa shape index (κ2) is 6.21. The van der Waals surface area contributed by atoms with Gasteiger partial charge in [0, 0.05) is 25.5 Å². The number of thiol groups is 1. The van der Waals surface area contributed by atoms with Gasteiger partial charge in [0.2, 0.25) is 0 Å². The van der Waals surface area contributed by atoms with E-state index < -0.39 is 9.28 Å². The molecule has 0 N–H and O–H groups in total. The fourth-order valence-corrected chi connectivity index (χ4v) is 2.21. The molecule has 4 heteroatoms. The van der Waals surface area contributed by atoms with Crippen molar-refractivity contribution in [1.29, 1.82) is 0 Å². The lowest BCUT2D eigenvalue weighted by Gasteiger charge is -2.12. The van der Waals surface area contributed by atoms with Crippen molar-refractivity contribution < 1.29 is 8.85 Å². The van der Waals surface area contributed by atoms with Crippen LogP contribution in [0.5, 0.6) is 0 Å². The van der Waals surface area contributed by atoms with Crippen LogP contribution < -0.4 is 0 Å². The lowest BCUT2D eigenvalue weighted by atomic mass is 10.4. The van der Waals surface area contributed by atoms with E-state index in [2.05, 4.69) is 19.6 Å². The molecule has 0 aliphatic heterocycles. The van der Waals surface area contributed by atoms with E-state index in [0.29, 0.717) is 5.25 Å². The highest BCUT2D eigenvalue weighted by Crippen LogP contribution is 2.09. The molecule has 0 aliphatic carbocycles. The van der Waals surface area contributed by atoms with Crippen molar-refractivity contribution in [1.82, 2.24) is 0 Å². The third-order valence-corrected chi connectivity index (χ3v) is 3.96. The molecule has 1 radical (unpaired) electrons. The highest BCUT2D eigenvalue weighted by atomic mass is 32.1. The second-order valence-electron chi connectivity index (χ2n) is 2.05. The van der Waals surface area contributed by atoms with E-state index in [4.69, 9.17) is 8.85 Å². The molecule has 0 aromatic heterocycles. The predicted molar refractivity (Wildman–Crippen MR) is 47.6 cm³/mol. The van der Waals surface area contributed by atoms with Gasteiger partial charge in [0.1, 0.15) is 0 Å². The summed E-state index contributed by atoms with van der Waals surface area (Å²) in [4.78, 5) is 0. The van der Waals surface area contributed by atoms with Gasteiger partial charge in [-0.05, 0) is 6.42 Å². The van der Waals surface area contributed by atoms with Gasteiger partial charge in [0.15, 0.2) is 0 Å². The normalized spacial score (nSPS) is 14.1. The third-order valence-electron chi connectivity index (χ3n) is 1.33. The zero-order valence-electron chi connectivity index (χ0n) is 6.76. The molecule has 0 heterocycles. The maximum atomic E-state index is 5.10. The Balaban J connectivity index is 3.41. The summed E-state index contributed by atoms with van der Waals surface area (Å²) < 4.78 is 10.2. The fourth-order valence-electron chi connectivity index (χ4n) is 0.587. The van der Waals surface area contributed by atoms with Crippen LogP contribution in [0.25, 0.3) is 0 Å². The molecule has 0 saturated heterocycles. The summed E-state index contributed by atoms with van der Waals surface area (Å²) in [7, 11) is 2.37. The summed E-state index contributed by atoms with van der Waals surface area (Å²) in [5.41, 5.74) is 0. The Labute approximate surface area is 70.2 Å². The lowest BCUT2D eigenvalue weighted by Crippen LogP contribution is -2.22. The first-order valence-corrected chi connectivity index (χ1v) is 5.40. The highest BCUT2D eigenvalue weighted by Gasteiger charge is 2.15. The van der Waals surface area contributed by atoms with Gasteiger partial charge in [-0.15, -0.1) is 0 Å². The summed E-state index contributed by atoms with van der Waals surface area (Å²) in [5.74, 6) is 0. The van der Waals surface area contributed by atoms with Crippen LogP contribution in [0, 0.1) is 0 Å². The molecule has 0 aliphatic rings. The SMILES string of the molecule is CCC(S)C[Si](OC)OC. The molecule has 10 heavy (non-hydrogen) atoms. The molecule has 0 aromatic carbocycles. The average molecular weight is 179 g/mol. The van der Waals surface area contributed by atoms with Gasteiger partial charge in [-0.25, -0.2) is 0 Å². The van der Waals surface area contributed by atoms with Crippen LogP contribution in [0.15, 0.2) is 0 Å². The predicted octanol–water partition coefficient (Wildman–Crippen LogP) is 1.48. The van der Waals surface area contributed by atoms with Crippen molar-refractivity contribution in [3.8, 4) is 0 Å². The molecule has 1 unspecified atom stereocenters. The summed E-state index contributed by atoms with van der Waals surface area (Å²) >= 11 is 4.34. The molecule has 2 nitrogen and oxygen atoms in total. The van der Waals surface area contributed by atoms with Gasteiger partial charge in [-0.2, -0.15) is 12.6 Å². The van der Waals surface area contributed by atoms with Crippen molar-refractivity contribution in [2.24, 2.45) is 0 Å². The van der Waals surface area contributed by atoms with Crippen LogP contribution in [-0.2, 0) is 8.85 Å². The molecule has 61 valence electrons. The van der Waals surface area contributed by atoms with Gasteiger partial charge in [0.25, 0.3) is 0 Å². The molecule has 0 aromatic rings. The molecular formula is C6H15O2SSi. The van der Waals surface area contributed by atoms with E-state index >= 15 is 0 Å². The largest absolute Gasteiger partial charge is 0.397 e. The summed E-state index contributed by atoms with van der Waals surface area (Å²) in [6.07, 6.45) is 1.07. The van der Waals surface area contributed by atoms with Crippen LogP contribution in [0.1, 0.15) is 13.3 Å². The van der Waals surface area contributed by atoms with Crippen LogP contribution in [0.2, 0.25) is 6.04 Å². The Kier molecular flexibility index (Phi) is 6.52. The zero-order chi connectivity index (χ0) is 7.98. The Morgan fingerprint density at radius 1 is 1.40 bits per heavy atom. The third kappa shape index (κ3) is 4.33. The Hall–Kier alpha value is 0.487. The lowest BCUT2D eigenvalue weighted by molar-refractivity contribution is 0.277. The number of rotatable bonds is 5. The first kappa shape index (κ1) is 10.5. The Morgan fingerprint density at radius 3 is 2.20 bits per heavy atom. The minimum absolute atomic E-state index is 0.425. The van der Waals surface area contributed by atoms with E-state index in [1.165, 1.54) is 0 Å². The van der Waals surface area contributed by atoms with Gasteiger partial charge >= 0.3 is 9.28 Å². The smallest absolute Gasteiger partial charge is 0.385 e. The zero-order valence-corrected chi connectivity index (χ0v) is 8.65. The first-order valence-electron chi connectivity index (χ1n) is 3.36. The van der Waals surface area contributed by atoms with Crippen molar-refractivity contribution in [3.05, 3.63) is 0 Å². The van der Waals surface area contributed by atoms with Crippen LogP contribution >= 0.6 is 12.6 Å². The van der Waals surface area contributed by atoms with Crippen molar-refractivity contribution in [3.63, 3.8) is 0 Å². The van der Waals surface area contributed by atoms with Crippen molar-refractivity contribution in [2.45, 2.75) is 24.6 Å². The molecule has 1 atom stereocenters. The molecule has 0 bridgehead atoms. The minimum atomic E-state index is -1.01. The van der Waals surface area contributed by atoms with Gasteiger partial charge in [0.05, 0.1) is 0 Å². The first-order chi connectivity index (χ1) is 4.74. The van der Waals surface area contributed by atoms with Gasteiger partial charge in [-0.1, -0.05) is 6.92 Å². The minimum Gasteiger partial charge on any atom is -0.397 e. The summed E-state index contributed by atoms with van der Waals surface area (Å²) in [6.45, 7) is 2.11. The number of hydrogen-bond acceptors (Lipinski definition) is 3. The molecule has 0 amide bonds. The summed E-state index contributed by atoms with van der Waals surface area (Å²) in [5, 5.41) is 0.425. The van der Waals surface area contributed by atoms with E-state index in [1.807, 2.05) is 0 Å². The molecule has 0 spiro atoms. The van der Waals surface area contributed by atoms with Crippen molar-refractivity contribution in [2.75, 3.05) is 14.2 Å². The Morgan fingerprint density at radius 2 is 1.90 bits per heavy atom. The topological polar surface area (TPSA) is 18.5 Å². The van der Waals surface area contributed by atoms with E-state index in [9.17, 15) is 0 Å². The Bertz CT molecular complexity index is 78.1. The van der Waals surface area contributed by atoms with E-state index in [-0.39, 0.29) is 0 Å². The van der Waals surface area contributed by atoms with Crippen LogP contribution in [0.4, 0.5) is 0 Å².